The minimum atomic E-state index is 0.0802. The highest BCUT2D eigenvalue weighted by Gasteiger charge is 2.07. The SMILES string of the molecule is CCCCCCNc1ccccc1C(=O)C=C(C)C. The van der Waals surface area contributed by atoms with Crippen molar-refractivity contribution >= 4 is 11.5 Å². The lowest BCUT2D eigenvalue weighted by Crippen LogP contribution is -2.07. The number of benzene rings is 1. The molecule has 104 valence electrons. The van der Waals surface area contributed by atoms with Crippen LogP contribution in [0, 0.1) is 0 Å². The summed E-state index contributed by atoms with van der Waals surface area (Å²) in [4.78, 5) is 12.1. The Balaban J connectivity index is 2.63. The lowest BCUT2D eigenvalue weighted by atomic mass is 10.1. The number of rotatable bonds is 8. The Morgan fingerprint density at radius 2 is 1.89 bits per heavy atom. The van der Waals surface area contributed by atoms with E-state index >= 15 is 0 Å². The molecule has 0 aromatic heterocycles. The molecule has 0 spiro atoms. The molecular formula is C17H25NO. The molecule has 1 rings (SSSR count). The zero-order chi connectivity index (χ0) is 14.1. The van der Waals surface area contributed by atoms with Crippen LogP contribution in [-0.4, -0.2) is 12.3 Å². The van der Waals surface area contributed by atoms with Gasteiger partial charge in [0.2, 0.25) is 0 Å². The third kappa shape index (κ3) is 5.73. The van der Waals surface area contributed by atoms with E-state index in [4.69, 9.17) is 0 Å². The molecule has 0 heterocycles. The monoisotopic (exact) mass is 259 g/mol. The minimum absolute atomic E-state index is 0.0802. The van der Waals surface area contributed by atoms with Crippen molar-refractivity contribution in [3.8, 4) is 0 Å². The average Bonchev–Trinajstić information content (AvgIpc) is 2.38. The maximum Gasteiger partial charge on any atom is 0.187 e. The van der Waals surface area contributed by atoms with Crippen LogP contribution in [0.25, 0.3) is 0 Å². The predicted octanol–water partition coefficient (Wildman–Crippen LogP) is 4.83. The summed E-state index contributed by atoms with van der Waals surface area (Å²) >= 11 is 0. The molecule has 0 aliphatic rings. The summed E-state index contributed by atoms with van der Waals surface area (Å²) in [6.07, 6.45) is 6.61. The van der Waals surface area contributed by atoms with E-state index in [9.17, 15) is 4.79 Å². The van der Waals surface area contributed by atoms with Gasteiger partial charge in [-0.05, 0) is 38.5 Å². The van der Waals surface area contributed by atoms with Gasteiger partial charge >= 0.3 is 0 Å². The fourth-order valence-electron chi connectivity index (χ4n) is 1.97. The molecule has 1 aromatic carbocycles. The van der Waals surface area contributed by atoms with Gasteiger partial charge in [0.15, 0.2) is 5.78 Å². The van der Waals surface area contributed by atoms with Gasteiger partial charge in [0.05, 0.1) is 0 Å². The maximum atomic E-state index is 12.1. The molecule has 1 N–H and O–H groups in total. The van der Waals surface area contributed by atoms with Crippen LogP contribution in [0.15, 0.2) is 35.9 Å². The summed E-state index contributed by atoms with van der Waals surface area (Å²) in [6.45, 7) is 7.03. The molecular weight excluding hydrogens is 234 g/mol. The van der Waals surface area contributed by atoms with Crippen LogP contribution in [0.2, 0.25) is 0 Å². The molecule has 0 unspecified atom stereocenters. The highest BCUT2D eigenvalue weighted by molar-refractivity contribution is 6.08. The Hall–Kier alpha value is -1.57. The molecule has 0 saturated heterocycles. The number of carbonyl (C=O) groups excluding carboxylic acids is 1. The Bertz CT molecular complexity index is 431. The van der Waals surface area contributed by atoms with Gasteiger partial charge in [0.1, 0.15) is 0 Å². The number of hydrogen-bond acceptors (Lipinski definition) is 2. The van der Waals surface area contributed by atoms with Gasteiger partial charge in [-0.1, -0.05) is 43.9 Å². The second-order valence-electron chi connectivity index (χ2n) is 5.12. The zero-order valence-electron chi connectivity index (χ0n) is 12.3. The van der Waals surface area contributed by atoms with E-state index in [1.165, 1.54) is 19.3 Å². The van der Waals surface area contributed by atoms with Gasteiger partial charge in [0.25, 0.3) is 0 Å². The summed E-state index contributed by atoms with van der Waals surface area (Å²) in [5, 5.41) is 3.38. The Kier molecular flexibility index (Phi) is 6.94. The van der Waals surface area contributed by atoms with Crippen molar-refractivity contribution in [3.05, 3.63) is 41.5 Å². The Morgan fingerprint density at radius 1 is 1.16 bits per heavy atom. The molecule has 0 amide bonds. The third-order valence-electron chi connectivity index (χ3n) is 2.96. The summed E-state index contributed by atoms with van der Waals surface area (Å²) in [6, 6.07) is 7.74. The number of allylic oxidation sites excluding steroid dienone is 2. The second kappa shape index (κ2) is 8.52. The van der Waals surface area contributed by atoms with Gasteiger partial charge < -0.3 is 5.32 Å². The molecule has 2 heteroatoms. The van der Waals surface area contributed by atoms with E-state index in [1.807, 2.05) is 38.1 Å². The maximum absolute atomic E-state index is 12.1. The highest BCUT2D eigenvalue weighted by atomic mass is 16.1. The second-order valence-corrected chi connectivity index (χ2v) is 5.12. The first-order valence-corrected chi connectivity index (χ1v) is 7.17. The van der Waals surface area contributed by atoms with Crippen molar-refractivity contribution in [2.75, 3.05) is 11.9 Å². The first kappa shape index (κ1) is 15.5. The smallest absolute Gasteiger partial charge is 0.187 e. The molecule has 0 radical (unpaired) electrons. The van der Waals surface area contributed by atoms with Gasteiger partial charge in [0, 0.05) is 17.8 Å². The molecule has 0 saturated carbocycles. The van der Waals surface area contributed by atoms with Gasteiger partial charge in [-0.15, -0.1) is 0 Å². The fourth-order valence-corrected chi connectivity index (χ4v) is 1.97. The standard InChI is InChI=1S/C17H25NO/c1-4-5-6-9-12-18-16-11-8-7-10-15(16)17(19)13-14(2)3/h7-8,10-11,13,18H,4-6,9,12H2,1-3H3. The van der Waals surface area contributed by atoms with E-state index < -0.39 is 0 Å². The first-order chi connectivity index (χ1) is 9.15. The van der Waals surface area contributed by atoms with Crippen LogP contribution in [0.1, 0.15) is 56.8 Å². The summed E-state index contributed by atoms with van der Waals surface area (Å²) in [5.41, 5.74) is 2.74. The summed E-state index contributed by atoms with van der Waals surface area (Å²) in [7, 11) is 0. The number of hydrogen-bond donors (Lipinski definition) is 1. The normalized spacial score (nSPS) is 10.1. The van der Waals surface area contributed by atoms with E-state index in [2.05, 4.69) is 12.2 Å². The van der Waals surface area contributed by atoms with E-state index in [1.54, 1.807) is 6.08 Å². The van der Waals surface area contributed by atoms with Crippen molar-refractivity contribution in [2.45, 2.75) is 46.5 Å². The average molecular weight is 259 g/mol. The van der Waals surface area contributed by atoms with Crippen LogP contribution in [0.5, 0.6) is 0 Å². The topological polar surface area (TPSA) is 29.1 Å². The molecule has 0 fully saturated rings. The van der Waals surface area contributed by atoms with Crippen molar-refractivity contribution in [2.24, 2.45) is 0 Å². The third-order valence-corrected chi connectivity index (χ3v) is 2.96. The molecule has 0 bridgehead atoms. The van der Waals surface area contributed by atoms with Crippen LogP contribution in [0.4, 0.5) is 5.69 Å². The number of nitrogens with one attached hydrogen (secondary N) is 1. The predicted molar refractivity (Wildman–Crippen MR) is 82.8 cm³/mol. The number of carbonyl (C=O) groups is 1. The lowest BCUT2D eigenvalue weighted by Gasteiger charge is -2.10. The zero-order valence-corrected chi connectivity index (χ0v) is 12.3. The molecule has 0 aliphatic heterocycles. The summed E-state index contributed by atoms with van der Waals surface area (Å²) in [5.74, 6) is 0.0802. The van der Waals surface area contributed by atoms with Crippen molar-refractivity contribution in [1.29, 1.82) is 0 Å². The number of ketones is 1. The van der Waals surface area contributed by atoms with Crippen molar-refractivity contribution < 1.29 is 4.79 Å². The van der Waals surface area contributed by atoms with Crippen LogP contribution in [-0.2, 0) is 0 Å². The number of unbranched alkanes of at least 4 members (excludes halogenated alkanes) is 3. The van der Waals surface area contributed by atoms with Crippen LogP contribution < -0.4 is 5.32 Å². The quantitative estimate of drug-likeness (QED) is 0.411. The summed E-state index contributed by atoms with van der Waals surface area (Å²) < 4.78 is 0. The van der Waals surface area contributed by atoms with Crippen LogP contribution >= 0.6 is 0 Å². The Morgan fingerprint density at radius 3 is 2.58 bits per heavy atom. The van der Waals surface area contributed by atoms with Crippen molar-refractivity contribution in [1.82, 2.24) is 0 Å². The van der Waals surface area contributed by atoms with E-state index in [0.29, 0.717) is 0 Å². The largest absolute Gasteiger partial charge is 0.384 e. The van der Waals surface area contributed by atoms with Gasteiger partial charge in [-0.3, -0.25) is 4.79 Å². The highest BCUT2D eigenvalue weighted by Crippen LogP contribution is 2.17. The molecule has 1 aromatic rings. The number of para-hydroxylation sites is 1. The molecule has 0 atom stereocenters. The Labute approximate surface area is 116 Å². The van der Waals surface area contributed by atoms with Crippen LogP contribution in [0.3, 0.4) is 0 Å². The molecule has 2 nitrogen and oxygen atoms in total. The molecule has 19 heavy (non-hydrogen) atoms. The fraction of sp³-hybridized carbons (Fsp3) is 0.471. The molecule has 0 aliphatic carbocycles. The minimum Gasteiger partial charge on any atom is -0.384 e. The van der Waals surface area contributed by atoms with Gasteiger partial charge in [-0.25, -0.2) is 0 Å². The first-order valence-electron chi connectivity index (χ1n) is 7.17. The number of anilines is 1. The van der Waals surface area contributed by atoms with E-state index in [0.717, 1.165) is 29.8 Å². The van der Waals surface area contributed by atoms with Gasteiger partial charge in [-0.2, -0.15) is 0 Å². The lowest BCUT2D eigenvalue weighted by molar-refractivity contribution is 0.104. The van der Waals surface area contributed by atoms with E-state index in [-0.39, 0.29) is 5.78 Å². The van der Waals surface area contributed by atoms with Crippen molar-refractivity contribution in [3.63, 3.8) is 0 Å².